The Hall–Kier alpha value is -0.650. The van der Waals surface area contributed by atoms with Crippen LogP contribution in [-0.4, -0.2) is 41.3 Å². The molecular weight excluding hydrogens is 314 g/mol. The standard InChI is InChI=1S/C17H25N3O2.ClH/c1-3-21-4-2-20(1)11-15-18-16(19-22-15)17-8-12-5-13(9-17)7-14(6-12)10-17;/h12-14H,1-11H2;1H. The molecule has 0 unspecified atom stereocenters. The molecule has 1 saturated heterocycles. The third-order valence-corrected chi connectivity index (χ3v) is 6.44. The minimum atomic E-state index is 0. The number of rotatable bonds is 3. The van der Waals surface area contributed by atoms with Gasteiger partial charge < -0.3 is 9.26 Å². The van der Waals surface area contributed by atoms with Gasteiger partial charge in [-0.3, -0.25) is 4.90 Å². The fourth-order valence-corrected chi connectivity index (χ4v) is 5.87. The molecule has 128 valence electrons. The van der Waals surface area contributed by atoms with Crippen LogP contribution in [0.25, 0.3) is 0 Å². The highest BCUT2D eigenvalue weighted by molar-refractivity contribution is 5.85. The van der Waals surface area contributed by atoms with Gasteiger partial charge in [-0.2, -0.15) is 4.98 Å². The van der Waals surface area contributed by atoms with Gasteiger partial charge in [0.25, 0.3) is 0 Å². The number of halogens is 1. The fourth-order valence-electron chi connectivity index (χ4n) is 5.87. The Balaban J connectivity index is 0.00000135. The average molecular weight is 340 g/mol. The summed E-state index contributed by atoms with van der Waals surface area (Å²) in [5, 5.41) is 4.43. The van der Waals surface area contributed by atoms with Crippen molar-refractivity contribution < 1.29 is 9.26 Å². The summed E-state index contributed by atoms with van der Waals surface area (Å²) in [5.41, 5.74) is 0.251. The van der Waals surface area contributed by atoms with Crippen LogP contribution in [-0.2, 0) is 16.7 Å². The fraction of sp³-hybridized carbons (Fsp3) is 0.882. The smallest absolute Gasteiger partial charge is 0.240 e. The molecule has 5 aliphatic rings. The molecule has 0 spiro atoms. The molecule has 4 saturated carbocycles. The summed E-state index contributed by atoms with van der Waals surface area (Å²) in [7, 11) is 0. The topological polar surface area (TPSA) is 51.4 Å². The highest BCUT2D eigenvalue weighted by Gasteiger charge is 2.53. The second-order valence-corrected chi connectivity index (χ2v) is 8.10. The molecule has 1 aromatic rings. The third-order valence-electron chi connectivity index (χ3n) is 6.44. The van der Waals surface area contributed by atoms with Gasteiger partial charge in [-0.1, -0.05) is 5.16 Å². The van der Waals surface area contributed by atoms with Gasteiger partial charge in [0.1, 0.15) is 0 Å². The van der Waals surface area contributed by atoms with Gasteiger partial charge >= 0.3 is 0 Å². The van der Waals surface area contributed by atoms with Gasteiger partial charge in [0, 0.05) is 18.5 Å². The number of morpholine rings is 1. The Morgan fingerprint density at radius 3 is 2.22 bits per heavy atom. The van der Waals surface area contributed by atoms with E-state index in [9.17, 15) is 0 Å². The number of nitrogens with zero attached hydrogens (tertiary/aromatic N) is 3. The van der Waals surface area contributed by atoms with E-state index in [1.54, 1.807) is 0 Å². The first kappa shape index (κ1) is 15.9. The predicted octanol–water partition coefficient (Wildman–Crippen LogP) is 2.79. The molecule has 23 heavy (non-hydrogen) atoms. The molecule has 0 N–H and O–H groups in total. The van der Waals surface area contributed by atoms with Crippen molar-refractivity contribution in [2.75, 3.05) is 26.3 Å². The molecule has 0 amide bonds. The van der Waals surface area contributed by atoms with E-state index in [1.165, 1.54) is 38.5 Å². The maximum absolute atomic E-state index is 5.61. The van der Waals surface area contributed by atoms with E-state index in [0.717, 1.165) is 62.3 Å². The molecule has 5 nitrogen and oxygen atoms in total. The van der Waals surface area contributed by atoms with Crippen LogP contribution in [0.15, 0.2) is 4.52 Å². The van der Waals surface area contributed by atoms with Crippen molar-refractivity contribution in [2.45, 2.75) is 50.5 Å². The van der Waals surface area contributed by atoms with Crippen molar-refractivity contribution in [3.8, 4) is 0 Å². The Morgan fingerprint density at radius 2 is 1.61 bits per heavy atom. The minimum absolute atomic E-state index is 0. The summed E-state index contributed by atoms with van der Waals surface area (Å²) < 4.78 is 11.0. The normalized spacial score (nSPS) is 39.4. The van der Waals surface area contributed by atoms with Crippen LogP contribution in [0.2, 0.25) is 0 Å². The highest BCUT2D eigenvalue weighted by atomic mass is 35.5. The quantitative estimate of drug-likeness (QED) is 0.847. The van der Waals surface area contributed by atoms with Gasteiger partial charge in [0.2, 0.25) is 5.89 Å². The third kappa shape index (κ3) is 2.81. The van der Waals surface area contributed by atoms with Crippen molar-refractivity contribution in [3.05, 3.63) is 11.7 Å². The first-order chi connectivity index (χ1) is 10.8. The lowest BCUT2D eigenvalue weighted by molar-refractivity contribution is -0.0103. The molecule has 0 aromatic carbocycles. The van der Waals surface area contributed by atoms with Gasteiger partial charge in [0.05, 0.1) is 19.8 Å². The predicted molar refractivity (Wildman–Crippen MR) is 87.5 cm³/mol. The summed E-state index contributed by atoms with van der Waals surface area (Å²) in [5.74, 6) is 4.59. The molecule has 6 heteroatoms. The lowest BCUT2D eigenvalue weighted by atomic mass is 9.49. The van der Waals surface area contributed by atoms with Gasteiger partial charge in [-0.25, -0.2) is 0 Å². The number of hydrogen-bond acceptors (Lipinski definition) is 5. The van der Waals surface area contributed by atoms with E-state index in [1.807, 2.05) is 0 Å². The summed E-state index contributed by atoms with van der Waals surface area (Å²) in [4.78, 5) is 7.18. The van der Waals surface area contributed by atoms with Crippen LogP contribution in [0.3, 0.4) is 0 Å². The Bertz CT molecular complexity index is 521. The van der Waals surface area contributed by atoms with Crippen molar-refractivity contribution >= 4 is 12.4 Å². The molecule has 0 atom stereocenters. The van der Waals surface area contributed by atoms with Gasteiger partial charge in [0.15, 0.2) is 5.82 Å². The van der Waals surface area contributed by atoms with Crippen LogP contribution < -0.4 is 0 Å². The van der Waals surface area contributed by atoms with Crippen LogP contribution in [0.1, 0.15) is 50.2 Å². The zero-order chi connectivity index (χ0) is 14.6. The van der Waals surface area contributed by atoms with E-state index in [4.69, 9.17) is 14.2 Å². The van der Waals surface area contributed by atoms with Crippen molar-refractivity contribution in [3.63, 3.8) is 0 Å². The summed E-state index contributed by atoms with van der Waals surface area (Å²) >= 11 is 0. The molecule has 6 rings (SSSR count). The van der Waals surface area contributed by atoms with Crippen LogP contribution in [0, 0.1) is 17.8 Å². The van der Waals surface area contributed by atoms with Gasteiger partial charge in [-0.05, 0) is 56.3 Å². The van der Waals surface area contributed by atoms with E-state index in [2.05, 4.69) is 10.1 Å². The molecule has 4 bridgehead atoms. The van der Waals surface area contributed by atoms with E-state index in [-0.39, 0.29) is 17.8 Å². The molecule has 1 aliphatic heterocycles. The molecule has 0 radical (unpaired) electrons. The van der Waals surface area contributed by atoms with Crippen LogP contribution in [0.4, 0.5) is 0 Å². The van der Waals surface area contributed by atoms with E-state index in [0.29, 0.717) is 0 Å². The summed E-state index contributed by atoms with van der Waals surface area (Å²) in [6, 6.07) is 0. The maximum atomic E-state index is 5.61. The van der Waals surface area contributed by atoms with Gasteiger partial charge in [-0.15, -0.1) is 12.4 Å². The molecule has 5 fully saturated rings. The number of ether oxygens (including phenoxy) is 1. The van der Waals surface area contributed by atoms with Crippen LogP contribution in [0.5, 0.6) is 0 Å². The molecule has 2 heterocycles. The van der Waals surface area contributed by atoms with E-state index >= 15 is 0 Å². The lowest BCUT2D eigenvalue weighted by Gasteiger charge is -2.55. The Labute approximate surface area is 143 Å². The molecule has 4 aliphatic carbocycles. The molecular formula is C17H26ClN3O2. The zero-order valence-electron chi connectivity index (χ0n) is 13.6. The summed E-state index contributed by atoms with van der Waals surface area (Å²) in [6.07, 6.45) is 8.27. The summed E-state index contributed by atoms with van der Waals surface area (Å²) in [6.45, 7) is 4.35. The highest BCUT2D eigenvalue weighted by Crippen LogP contribution is 2.60. The second-order valence-electron chi connectivity index (χ2n) is 8.10. The van der Waals surface area contributed by atoms with Crippen molar-refractivity contribution in [1.29, 1.82) is 0 Å². The minimum Gasteiger partial charge on any atom is -0.379 e. The lowest BCUT2D eigenvalue weighted by Crippen LogP contribution is -2.49. The average Bonchev–Trinajstić information content (AvgIpc) is 2.96. The van der Waals surface area contributed by atoms with Crippen molar-refractivity contribution in [2.24, 2.45) is 17.8 Å². The van der Waals surface area contributed by atoms with E-state index < -0.39 is 0 Å². The first-order valence-electron chi connectivity index (χ1n) is 8.92. The monoisotopic (exact) mass is 339 g/mol. The van der Waals surface area contributed by atoms with Crippen LogP contribution >= 0.6 is 12.4 Å². The zero-order valence-corrected chi connectivity index (χ0v) is 14.4. The van der Waals surface area contributed by atoms with Crippen molar-refractivity contribution in [1.82, 2.24) is 15.0 Å². The largest absolute Gasteiger partial charge is 0.379 e. The molecule has 1 aromatic heterocycles. The second kappa shape index (κ2) is 6.01. The number of aromatic nitrogens is 2. The first-order valence-corrected chi connectivity index (χ1v) is 8.92. The Kier molecular flexibility index (Phi) is 4.14. The maximum Gasteiger partial charge on any atom is 0.240 e. The number of hydrogen-bond donors (Lipinski definition) is 0. The Morgan fingerprint density at radius 1 is 1.00 bits per heavy atom. The SMILES string of the molecule is C1CN(Cc2nc(C34CC5CC(CC(C5)C3)C4)no2)CCO1.Cl.